The highest BCUT2D eigenvalue weighted by molar-refractivity contribution is 5.89. The zero-order valence-electron chi connectivity index (χ0n) is 30.6. The molecule has 2 heterocycles. The lowest BCUT2D eigenvalue weighted by atomic mass is 9.71. The van der Waals surface area contributed by atoms with E-state index in [1.54, 1.807) is 37.3 Å². The molecule has 294 valence electrons. The summed E-state index contributed by atoms with van der Waals surface area (Å²) in [4.78, 5) is 26.2. The molecule has 52 heavy (non-hydrogen) atoms. The molecule has 2 saturated carbocycles. The third-order valence-corrected chi connectivity index (χ3v) is 11.3. The van der Waals surface area contributed by atoms with E-state index in [-0.39, 0.29) is 29.2 Å². The number of carboxylic acid groups (broad SMARTS) is 1. The number of aliphatic carboxylic acids is 1. The van der Waals surface area contributed by atoms with Crippen LogP contribution in [0.2, 0.25) is 0 Å². The number of hydrogen-bond acceptors (Lipinski definition) is 13. The fourth-order valence-electron chi connectivity index (χ4n) is 7.98. The standard InChI is InChI=1S/C38H58O14/c1-20-28(40)30(42)31(43)36(47-20)49-24-16-15-23(38(2,3)4)18-25(24)50-37-33(52-35(46)22-13-9-6-10-14-22)32(29(41)27(19-39)51-37)48-26(34(44)45)17-21-11-7-5-8-12-21/h6,9-10,13-14,20-21,23-33,36-37,39-43H,5,7-8,11-12,15-19H2,1-4H3,(H,44,45)/t20-,23+,24+,25+,26-,27+,28+,29-,30+,31-,32-,33+,36-,37+/m0/s1. The lowest BCUT2D eigenvalue weighted by Gasteiger charge is -2.48. The second kappa shape index (κ2) is 17.9. The summed E-state index contributed by atoms with van der Waals surface area (Å²) in [6.07, 6.45) is -10.1. The third-order valence-electron chi connectivity index (χ3n) is 11.3. The van der Waals surface area contributed by atoms with Gasteiger partial charge < -0.3 is 59.1 Å². The predicted octanol–water partition coefficient (Wildman–Crippen LogP) is 2.54. The van der Waals surface area contributed by atoms with Gasteiger partial charge in [-0.15, -0.1) is 0 Å². The van der Waals surface area contributed by atoms with Crippen molar-refractivity contribution < 1.29 is 68.6 Å². The first-order valence-electron chi connectivity index (χ1n) is 18.8. The van der Waals surface area contributed by atoms with E-state index in [4.69, 9.17) is 28.4 Å². The first kappa shape index (κ1) is 40.9. The topological polar surface area (TPSA) is 211 Å². The predicted molar refractivity (Wildman–Crippen MR) is 184 cm³/mol. The molecule has 1 aromatic rings. The van der Waals surface area contributed by atoms with Gasteiger partial charge in [-0.05, 0) is 62.0 Å². The van der Waals surface area contributed by atoms with Gasteiger partial charge in [0.25, 0.3) is 0 Å². The van der Waals surface area contributed by atoms with Crippen molar-refractivity contribution in [3.8, 4) is 0 Å². The number of hydrogen-bond donors (Lipinski definition) is 6. The van der Waals surface area contributed by atoms with Crippen molar-refractivity contribution in [3.05, 3.63) is 35.9 Å². The molecule has 2 saturated heterocycles. The number of rotatable bonds is 12. The van der Waals surface area contributed by atoms with Crippen LogP contribution in [0.25, 0.3) is 0 Å². The number of carbonyl (C=O) groups excluding carboxylic acids is 1. The van der Waals surface area contributed by atoms with Gasteiger partial charge in [0, 0.05) is 0 Å². The Morgan fingerprint density at radius 2 is 1.50 bits per heavy atom. The summed E-state index contributed by atoms with van der Waals surface area (Å²) in [6, 6.07) is 8.15. The van der Waals surface area contributed by atoms with Crippen LogP contribution in [0.5, 0.6) is 0 Å². The van der Waals surface area contributed by atoms with Crippen molar-refractivity contribution in [2.75, 3.05) is 6.61 Å². The number of aliphatic hydroxyl groups is 5. The van der Waals surface area contributed by atoms with Crippen molar-refractivity contribution in [2.24, 2.45) is 17.3 Å². The van der Waals surface area contributed by atoms with Crippen LogP contribution < -0.4 is 0 Å². The highest BCUT2D eigenvalue weighted by Crippen LogP contribution is 2.42. The SMILES string of the molecule is C[C@@H]1O[C@@H](O[C@@H]2CC[C@@H](C(C)(C)C)C[C@H]2O[C@@H]2O[C@H](CO)[C@H](O)[C@H](O[C@@H](CC3CCCCC3)C(=O)O)[C@H]2OC(=O)c2ccccc2)[C@@H](O)[C@H](O)[C@@H]1O. The van der Waals surface area contributed by atoms with Gasteiger partial charge in [-0.25, -0.2) is 9.59 Å². The van der Waals surface area contributed by atoms with E-state index in [0.717, 1.165) is 38.5 Å². The number of carbonyl (C=O) groups is 2. The second-order valence-corrected chi connectivity index (χ2v) is 16.0. The van der Waals surface area contributed by atoms with Gasteiger partial charge in [0.15, 0.2) is 24.8 Å². The van der Waals surface area contributed by atoms with Crippen LogP contribution in [0.15, 0.2) is 30.3 Å². The number of esters is 1. The summed E-state index contributed by atoms with van der Waals surface area (Å²) in [5.74, 6) is -1.79. The minimum Gasteiger partial charge on any atom is -0.479 e. The molecule has 1 aromatic carbocycles. The Balaban J connectivity index is 1.46. The van der Waals surface area contributed by atoms with Gasteiger partial charge in [0.1, 0.15) is 36.6 Å². The smallest absolute Gasteiger partial charge is 0.338 e. The molecule has 6 N–H and O–H groups in total. The monoisotopic (exact) mass is 738 g/mol. The van der Waals surface area contributed by atoms with Crippen LogP contribution in [-0.4, -0.2) is 129 Å². The molecule has 5 rings (SSSR count). The van der Waals surface area contributed by atoms with Gasteiger partial charge in [0.05, 0.1) is 30.5 Å². The zero-order valence-corrected chi connectivity index (χ0v) is 30.6. The van der Waals surface area contributed by atoms with E-state index in [1.807, 2.05) is 0 Å². The van der Waals surface area contributed by atoms with Gasteiger partial charge in [-0.3, -0.25) is 0 Å². The molecule has 0 amide bonds. The van der Waals surface area contributed by atoms with Crippen molar-refractivity contribution in [2.45, 2.75) is 165 Å². The zero-order chi connectivity index (χ0) is 37.7. The van der Waals surface area contributed by atoms with E-state index in [9.17, 15) is 40.2 Å². The van der Waals surface area contributed by atoms with E-state index in [1.165, 1.54) is 0 Å². The summed E-state index contributed by atoms with van der Waals surface area (Å²) in [6.45, 7) is 7.19. The Morgan fingerprint density at radius 1 is 0.827 bits per heavy atom. The molecule has 14 atom stereocenters. The number of aliphatic hydroxyl groups excluding tert-OH is 5. The fraction of sp³-hybridized carbons (Fsp3) is 0.789. The van der Waals surface area contributed by atoms with E-state index in [0.29, 0.717) is 12.8 Å². The first-order chi connectivity index (χ1) is 24.7. The quantitative estimate of drug-likeness (QED) is 0.170. The van der Waals surface area contributed by atoms with Crippen molar-refractivity contribution >= 4 is 11.9 Å². The molecule has 2 aliphatic carbocycles. The summed E-state index contributed by atoms with van der Waals surface area (Å²) >= 11 is 0. The number of carboxylic acids is 1. The highest BCUT2D eigenvalue weighted by atomic mass is 16.7. The van der Waals surface area contributed by atoms with E-state index < -0.39 is 98.3 Å². The maximum Gasteiger partial charge on any atom is 0.338 e. The summed E-state index contributed by atoms with van der Waals surface area (Å²) in [5, 5.41) is 63.6. The Bertz CT molecular complexity index is 1280. The summed E-state index contributed by atoms with van der Waals surface area (Å²) in [7, 11) is 0. The number of benzene rings is 1. The molecule has 4 aliphatic rings. The number of ether oxygens (including phenoxy) is 6. The molecular weight excluding hydrogens is 680 g/mol. The van der Waals surface area contributed by atoms with Crippen molar-refractivity contribution in [3.63, 3.8) is 0 Å². The third kappa shape index (κ3) is 9.89. The van der Waals surface area contributed by atoms with Crippen LogP contribution in [0.4, 0.5) is 0 Å². The molecule has 14 nitrogen and oxygen atoms in total. The molecule has 4 fully saturated rings. The van der Waals surface area contributed by atoms with Gasteiger partial charge in [-0.1, -0.05) is 71.1 Å². The Hall–Kier alpha value is -2.24. The largest absolute Gasteiger partial charge is 0.479 e. The molecule has 0 spiro atoms. The van der Waals surface area contributed by atoms with Gasteiger partial charge in [-0.2, -0.15) is 0 Å². The van der Waals surface area contributed by atoms with Crippen molar-refractivity contribution in [1.82, 2.24) is 0 Å². The van der Waals surface area contributed by atoms with Crippen LogP contribution >= 0.6 is 0 Å². The first-order valence-corrected chi connectivity index (χ1v) is 18.8. The lowest BCUT2D eigenvalue weighted by Crippen LogP contribution is -2.63. The molecule has 2 aliphatic heterocycles. The summed E-state index contributed by atoms with van der Waals surface area (Å²) < 4.78 is 37.0. The van der Waals surface area contributed by atoms with E-state index in [2.05, 4.69) is 20.8 Å². The highest BCUT2D eigenvalue weighted by Gasteiger charge is 2.53. The minimum atomic E-state index is -1.59. The Kier molecular flexibility index (Phi) is 14.1. The summed E-state index contributed by atoms with van der Waals surface area (Å²) in [5.41, 5.74) is 0.0405. The Labute approximate surface area is 305 Å². The fourth-order valence-corrected chi connectivity index (χ4v) is 7.98. The maximum absolute atomic E-state index is 13.6. The van der Waals surface area contributed by atoms with Crippen LogP contribution in [-0.2, 0) is 33.2 Å². The average molecular weight is 739 g/mol. The van der Waals surface area contributed by atoms with Crippen LogP contribution in [0.1, 0.15) is 95.8 Å². The molecular formula is C38H58O14. The molecule has 0 radical (unpaired) electrons. The molecule has 14 heteroatoms. The van der Waals surface area contributed by atoms with Crippen LogP contribution in [0.3, 0.4) is 0 Å². The molecule has 0 unspecified atom stereocenters. The van der Waals surface area contributed by atoms with E-state index >= 15 is 0 Å². The second-order valence-electron chi connectivity index (χ2n) is 16.0. The van der Waals surface area contributed by atoms with Crippen molar-refractivity contribution in [1.29, 1.82) is 0 Å². The lowest BCUT2D eigenvalue weighted by molar-refractivity contribution is -0.346. The van der Waals surface area contributed by atoms with Gasteiger partial charge >= 0.3 is 11.9 Å². The maximum atomic E-state index is 13.6. The normalized spacial score (nSPS) is 38.4. The minimum absolute atomic E-state index is 0.104. The van der Waals surface area contributed by atoms with Gasteiger partial charge in [0.2, 0.25) is 0 Å². The Morgan fingerprint density at radius 3 is 2.13 bits per heavy atom. The average Bonchev–Trinajstić information content (AvgIpc) is 3.12. The molecule has 0 aromatic heterocycles. The molecule has 0 bridgehead atoms. The van der Waals surface area contributed by atoms with Crippen LogP contribution in [0, 0.1) is 17.3 Å².